The Labute approximate surface area is 99.2 Å². The molecule has 1 aliphatic heterocycles. The molecule has 1 saturated heterocycles. The van der Waals surface area contributed by atoms with Gasteiger partial charge in [0.2, 0.25) is 0 Å². The van der Waals surface area contributed by atoms with Gasteiger partial charge in [-0.1, -0.05) is 19.3 Å². The fraction of sp³-hybridized carbons (Fsp3) is 1.00. The number of hydrogen-bond acceptors (Lipinski definition) is 3. The second-order valence-corrected chi connectivity index (χ2v) is 5.50. The van der Waals surface area contributed by atoms with Crippen LogP contribution < -0.4 is 5.32 Å². The van der Waals surface area contributed by atoms with Crippen molar-refractivity contribution in [3.8, 4) is 0 Å². The molecule has 0 aromatic carbocycles. The van der Waals surface area contributed by atoms with Crippen molar-refractivity contribution < 1.29 is 5.11 Å². The van der Waals surface area contributed by atoms with E-state index in [2.05, 4.69) is 17.3 Å². The largest absolute Gasteiger partial charge is 0.392 e. The van der Waals surface area contributed by atoms with Crippen LogP contribution in [-0.2, 0) is 0 Å². The van der Waals surface area contributed by atoms with Crippen molar-refractivity contribution in [3.63, 3.8) is 0 Å². The van der Waals surface area contributed by atoms with Gasteiger partial charge in [-0.3, -0.25) is 4.90 Å². The molecule has 0 radical (unpaired) electrons. The molecule has 1 heterocycles. The minimum Gasteiger partial charge on any atom is -0.392 e. The van der Waals surface area contributed by atoms with Crippen molar-refractivity contribution in [3.05, 3.63) is 0 Å². The number of aliphatic hydroxyl groups is 1. The lowest BCUT2D eigenvalue weighted by Gasteiger charge is -2.32. The van der Waals surface area contributed by atoms with Crippen LogP contribution in [-0.4, -0.2) is 48.8 Å². The maximum absolute atomic E-state index is 9.53. The molecule has 2 rings (SSSR count). The maximum atomic E-state index is 9.53. The van der Waals surface area contributed by atoms with Crippen LogP contribution in [0.4, 0.5) is 0 Å². The zero-order chi connectivity index (χ0) is 11.4. The van der Waals surface area contributed by atoms with E-state index in [1.807, 2.05) is 0 Å². The quantitative estimate of drug-likeness (QED) is 0.756. The van der Waals surface area contributed by atoms with Crippen molar-refractivity contribution in [2.24, 2.45) is 5.92 Å². The molecule has 2 aliphatic rings. The first-order chi connectivity index (χ1) is 7.79. The summed E-state index contributed by atoms with van der Waals surface area (Å²) in [4.78, 5) is 2.42. The van der Waals surface area contributed by atoms with E-state index in [1.165, 1.54) is 32.1 Å². The van der Waals surface area contributed by atoms with Gasteiger partial charge in [-0.15, -0.1) is 0 Å². The summed E-state index contributed by atoms with van der Waals surface area (Å²) in [6.45, 7) is 3.08. The maximum Gasteiger partial charge on any atom is 0.0679 e. The van der Waals surface area contributed by atoms with Crippen LogP contribution in [0.1, 0.15) is 38.5 Å². The highest BCUT2D eigenvalue weighted by molar-refractivity contribution is 4.84. The van der Waals surface area contributed by atoms with E-state index in [0.717, 1.165) is 32.0 Å². The second kappa shape index (κ2) is 5.99. The molecule has 0 bridgehead atoms. The third kappa shape index (κ3) is 3.19. The van der Waals surface area contributed by atoms with Gasteiger partial charge in [0.1, 0.15) is 0 Å². The van der Waals surface area contributed by atoms with Gasteiger partial charge < -0.3 is 10.4 Å². The predicted octanol–water partition coefficient (Wildman–Crippen LogP) is 1.22. The van der Waals surface area contributed by atoms with E-state index in [-0.39, 0.29) is 6.10 Å². The first-order valence-electron chi connectivity index (χ1n) is 6.87. The van der Waals surface area contributed by atoms with Crippen LogP contribution in [0.2, 0.25) is 0 Å². The van der Waals surface area contributed by atoms with Crippen molar-refractivity contribution in [2.75, 3.05) is 26.7 Å². The molecule has 94 valence electrons. The predicted molar refractivity (Wildman–Crippen MR) is 66.5 cm³/mol. The minimum atomic E-state index is -0.0798. The van der Waals surface area contributed by atoms with Gasteiger partial charge in [0.15, 0.2) is 0 Å². The third-order valence-corrected chi connectivity index (χ3v) is 4.29. The summed E-state index contributed by atoms with van der Waals surface area (Å²) < 4.78 is 0. The SMILES string of the molecule is CN[C@H](CN1CC[C@H](O)C1)C1CCCCC1. The van der Waals surface area contributed by atoms with Crippen LogP contribution in [0.3, 0.4) is 0 Å². The monoisotopic (exact) mass is 226 g/mol. The summed E-state index contributed by atoms with van der Waals surface area (Å²) in [5.41, 5.74) is 0. The van der Waals surface area contributed by atoms with Gasteiger partial charge in [-0.05, 0) is 32.2 Å². The number of hydrogen-bond donors (Lipinski definition) is 2. The molecule has 2 fully saturated rings. The van der Waals surface area contributed by atoms with E-state index in [9.17, 15) is 5.11 Å². The molecule has 0 aromatic rings. The van der Waals surface area contributed by atoms with Crippen molar-refractivity contribution in [1.29, 1.82) is 0 Å². The Morgan fingerprint density at radius 1 is 1.25 bits per heavy atom. The molecular weight excluding hydrogens is 200 g/mol. The molecule has 0 unspecified atom stereocenters. The van der Waals surface area contributed by atoms with Crippen molar-refractivity contribution in [1.82, 2.24) is 10.2 Å². The summed E-state index contributed by atoms with van der Waals surface area (Å²) in [7, 11) is 2.09. The second-order valence-electron chi connectivity index (χ2n) is 5.50. The molecule has 3 nitrogen and oxygen atoms in total. The van der Waals surface area contributed by atoms with Crippen LogP contribution in [0.5, 0.6) is 0 Å². The molecule has 0 aromatic heterocycles. The van der Waals surface area contributed by atoms with Gasteiger partial charge in [0.25, 0.3) is 0 Å². The van der Waals surface area contributed by atoms with Crippen LogP contribution in [0.15, 0.2) is 0 Å². The van der Waals surface area contributed by atoms with E-state index in [0.29, 0.717) is 6.04 Å². The van der Waals surface area contributed by atoms with Crippen LogP contribution >= 0.6 is 0 Å². The number of likely N-dealkylation sites (tertiary alicyclic amines) is 1. The molecule has 2 atom stereocenters. The highest BCUT2D eigenvalue weighted by Gasteiger charge is 2.27. The zero-order valence-corrected chi connectivity index (χ0v) is 10.5. The minimum absolute atomic E-state index is 0.0798. The lowest BCUT2D eigenvalue weighted by Crippen LogP contribution is -2.44. The third-order valence-electron chi connectivity index (χ3n) is 4.29. The normalized spacial score (nSPS) is 30.8. The number of β-amino-alcohol motifs (C(OH)–C–C–N with tert-alkyl or cyclic N) is 1. The Kier molecular flexibility index (Phi) is 4.62. The number of rotatable bonds is 4. The lowest BCUT2D eigenvalue weighted by molar-refractivity contribution is 0.161. The Morgan fingerprint density at radius 3 is 2.56 bits per heavy atom. The molecule has 0 spiro atoms. The summed E-state index contributed by atoms with van der Waals surface area (Å²) >= 11 is 0. The van der Waals surface area contributed by atoms with Crippen molar-refractivity contribution in [2.45, 2.75) is 50.7 Å². The number of nitrogens with one attached hydrogen (secondary N) is 1. The Balaban J connectivity index is 1.80. The van der Waals surface area contributed by atoms with Gasteiger partial charge >= 0.3 is 0 Å². The summed E-state index contributed by atoms with van der Waals surface area (Å²) in [5.74, 6) is 0.858. The molecular formula is C13H26N2O. The molecule has 1 saturated carbocycles. The number of aliphatic hydroxyl groups excluding tert-OH is 1. The van der Waals surface area contributed by atoms with Crippen molar-refractivity contribution >= 4 is 0 Å². The fourth-order valence-corrected chi connectivity index (χ4v) is 3.27. The van der Waals surface area contributed by atoms with Gasteiger partial charge in [-0.25, -0.2) is 0 Å². The highest BCUT2D eigenvalue weighted by atomic mass is 16.3. The van der Waals surface area contributed by atoms with Crippen LogP contribution in [0.25, 0.3) is 0 Å². The van der Waals surface area contributed by atoms with E-state index < -0.39 is 0 Å². The smallest absolute Gasteiger partial charge is 0.0679 e. The average molecular weight is 226 g/mol. The molecule has 16 heavy (non-hydrogen) atoms. The first kappa shape index (κ1) is 12.3. The Bertz CT molecular complexity index is 204. The fourth-order valence-electron chi connectivity index (χ4n) is 3.27. The molecule has 2 N–H and O–H groups in total. The lowest BCUT2D eigenvalue weighted by atomic mass is 9.84. The van der Waals surface area contributed by atoms with E-state index in [1.54, 1.807) is 0 Å². The van der Waals surface area contributed by atoms with Gasteiger partial charge in [0, 0.05) is 25.7 Å². The number of likely N-dealkylation sites (N-methyl/N-ethyl adjacent to an activating group) is 1. The van der Waals surface area contributed by atoms with Gasteiger partial charge in [-0.2, -0.15) is 0 Å². The Hall–Kier alpha value is -0.120. The van der Waals surface area contributed by atoms with E-state index >= 15 is 0 Å². The average Bonchev–Trinajstić information content (AvgIpc) is 2.73. The summed E-state index contributed by atoms with van der Waals surface area (Å²) in [6.07, 6.45) is 7.90. The zero-order valence-electron chi connectivity index (χ0n) is 10.5. The summed E-state index contributed by atoms with van der Waals surface area (Å²) in [5, 5.41) is 13.0. The standard InChI is InChI=1S/C13H26N2O/c1-14-13(11-5-3-2-4-6-11)10-15-8-7-12(16)9-15/h11-14,16H,2-10H2,1H3/t12-,13+/m0/s1. The summed E-state index contributed by atoms with van der Waals surface area (Å²) in [6, 6.07) is 0.630. The van der Waals surface area contributed by atoms with E-state index in [4.69, 9.17) is 0 Å². The number of nitrogens with zero attached hydrogens (tertiary/aromatic N) is 1. The molecule has 0 amide bonds. The van der Waals surface area contributed by atoms with Crippen LogP contribution in [0, 0.1) is 5.92 Å². The highest BCUT2D eigenvalue weighted by Crippen LogP contribution is 2.27. The molecule has 1 aliphatic carbocycles. The molecule has 3 heteroatoms. The first-order valence-corrected chi connectivity index (χ1v) is 6.87. The topological polar surface area (TPSA) is 35.5 Å². The van der Waals surface area contributed by atoms with Gasteiger partial charge in [0.05, 0.1) is 6.10 Å². The Morgan fingerprint density at radius 2 is 2.00 bits per heavy atom.